The Morgan fingerprint density at radius 1 is 1.07 bits per heavy atom. The van der Waals surface area contributed by atoms with E-state index >= 15 is 0 Å². The van der Waals surface area contributed by atoms with Gasteiger partial charge in [0.15, 0.2) is 0 Å². The Morgan fingerprint density at radius 2 is 1.79 bits per heavy atom. The molecular weight excluding hydrogens is 385 g/mol. The number of amides is 2. The van der Waals surface area contributed by atoms with Crippen LogP contribution in [0.25, 0.3) is 0 Å². The van der Waals surface area contributed by atoms with Crippen LogP contribution in [-0.4, -0.2) is 39.0 Å². The number of methoxy groups -OCH3 is 1. The van der Waals surface area contributed by atoms with Crippen molar-refractivity contribution < 1.29 is 22.3 Å². The van der Waals surface area contributed by atoms with Gasteiger partial charge in [0.25, 0.3) is 0 Å². The number of urea groups is 1. The van der Waals surface area contributed by atoms with E-state index in [-0.39, 0.29) is 22.0 Å². The normalized spacial score (nSPS) is 15.1. The van der Waals surface area contributed by atoms with E-state index in [1.165, 1.54) is 47.8 Å². The molecular formula is C19H22FN3O4S. The molecule has 2 aromatic carbocycles. The number of rotatable bonds is 5. The molecule has 2 aromatic rings. The molecule has 0 atom stereocenters. The predicted octanol–water partition coefficient (Wildman–Crippen LogP) is 3.65. The number of sulfonamides is 1. The summed E-state index contributed by atoms with van der Waals surface area (Å²) >= 11 is 0. The Balaban J connectivity index is 1.82. The first-order valence-corrected chi connectivity index (χ1v) is 10.4. The molecule has 3 rings (SSSR count). The number of nitrogens with one attached hydrogen (secondary N) is 2. The second kappa shape index (κ2) is 8.57. The number of ether oxygens (including phenoxy) is 1. The van der Waals surface area contributed by atoms with Gasteiger partial charge in [-0.2, -0.15) is 4.31 Å². The first-order chi connectivity index (χ1) is 13.4. The minimum absolute atomic E-state index is 0.0133. The van der Waals surface area contributed by atoms with Gasteiger partial charge >= 0.3 is 6.03 Å². The van der Waals surface area contributed by atoms with Gasteiger partial charge in [0, 0.05) is 18.8 Å². The maximum atomic E-state index is 13.7. The van der Waals surface area contributed by atoms with Gasteiger partial charge in [-0.3, -0.25) is 0 Å². The third-order valence-corrected chi connectivity index (χ3v) is 6.40. The van der Waals surface area contributed by atoms with Crippen molar-refractivity contribution in [1.82, 2.24) is 4.31 Å². The van der Waals surface area contributed by atoms with Crippen LogP contribution < -0.4 is 15.4 Å². The number of benzene rings is 2. The summed E-state index contributed by atoms with van der Waals surface area (Å²) in [5, 5.41) is 4.92. The van der Waals surface area contributed by atoms with Gasteiger partial charge in [-0.25, -0.2) is 17.6 Å². The van der Waals surface area contributed by atoms with Crippen molar-refractivity contribution in [3.63, 3.8) is 0 Å². The molecule has 1 heterocycles. The van der Waals surface area contributed by atoms with E-state index in [0.29, 0.717) is 13.1 Å². The van der Waals surface area contributed by atoms with Gasteiger partial charge in [0.2, 0.25) is 10.0 Å². The fourth-order valence-corrected chi connectivity index (χ4v) is 4.75. The highest BCUT2D eigenvalue weighted by Gasteiger charge is 2.29. The van der Waals surface area contributed by atoms with E-state index in [1.807, 2.05) is 0 Å². The summed E-state index contributed by atoms with van der Waals surface area (Å²) in [5.41, 5.74) is 0.278. The van der Waals surface area contributed by atoms with Crippen molar-refractivity contribution in [2.24, 2.45) is 0 Å². The van der Waals surface area contributed by atoms with E-state index in [4.69, 9.17) is 4.74 Å². The van der Waals surface area contributed by atoms with Crippen LogP contribution in [0.1, 0.15) is 19.3 Å². The summed E-state index contributed by atoms with van der Waals surface area (Å²) < 4.78 is 46.3. The number of hydrogen-bond donors (Lipinski definition) is 2. The average Bonchev–Trinajstić information content (AvgIpc) is 2.70. The van der Waals surface area contributed by atoms with Crippen molar-refractivity contribution >= 4 is 27.4 Å². The summed E-state index contributed by atoms with van der Waals surface area (Å²) in [6, 6.07) is 9.43. The third-order valence-electron chi connectivity index (χ3n) is 4.48. The lowest BCUT2D eigenvalue weighted by Crippen LogP contribution is -2.35. The first kappa shape index (κ1) is 20.1. The number of carbonyl (C=O) groups excluding carboxylic acids is 1. The van der Waals surface area contributed by atoms with Gasteiger partial charge in [-0.05, 0) is 43.2 Å². The molecule has 150 valence electrons. The molecule has 0 aromatic heterocycles. The Bertz CT molecular complexity index is 959. The number of nitrogens with zero attached hydrogens (tertiary/aromatic N) is 1. The number of piperidine rings is 1. The molecule has 28 heavy (non-hydrogen) atoms. The summed E-state index contributed by atoms with van der Waals surface area (Å²) in [6.45, 7) is 0.911. The molecule has 1 aliphatic rings. The Hall–Kier alpha value is -2.65. The molecule has 7 nitrogen and oxygen atoms in total. The number of para-hydroxylation sites is 1. The Labute approximate surface area is 163 Å². The van der Waals surface area contributed by atoms with E-state index in [9.17, 15) is 17.6 Å². The highest BCUT2D eigenvalue weighted by Crippen LogP contribution is 2.31. The van der Waals surface area contributed by atoms with Crippen LogP contribution in [0.2, 0.25) is 0 Å². The molecule has 0 saturated carbocycles. The fourth-order valence-electron chi connectivity index (χ4n) is 3.05. The smallest absolute Gasteiger partial charge is 0.323 e. The molecule has 1 aliphatic heterocycles. The van der Waals surface area contributed by atoms with Crippen molar-refractivity contribution in [2.45, 2.75) is 24.2 Å². The minimum Gasteiger partial charge on any atom is -0.495 e. The molecule has 0 bridgehead atoms. The number of halogens is 1. The summed E-state index contributed by atoms with van der Waals surface area (Å²) in [5.74, 6) is -0.369. The lowest BCUT2D eigenvalue weighted by molar-refractivity contribution is 0.262. The van der Waals surface area contributed by atoms with Crippen LogP contribution in [-0.2, 0) is 10.0 Å². The Morgan fingerprint density at radius 3 is 2.46 bits per heavy atom. The van der Waals surface area contributed by atoms with Crippen LogP contribution in [0.15, 0.2) is 47.4 Å². The van der Waals surface area contributed by atoms with E-state index in [0.717, 1.165) is 19.3 Å². The number of carbonyl (C=O) groups is 1. The second-order valence-electron chi connectivity index (χ2n) is 6.39. The molecule has 0 unspecified atom stereocenters. The van der Waals surface area contributed by atoms with Gasteiger partial charge in [0.1, 0.15) is 16.5 Å². The molecule has 1 saturated heterocycles. The van der Waals surface area contributed by atoms with Crippen LogP contribution in [0.4, 0.5) is 20.6 Å². The van der Waals surface area contributed by atoms with Crippen LogP contribution in [0, 0.1) is 5.82 Å². The van der Waals surface area contributed by atoms with E-state index < -0.39 is 21.9 Å². The van der Waals surface area contributed by atoms with Crippen LogP contribution in [0.5, 0.6) is 5.75 Å². The zero-order chi connectivity index (χ0) is 20.1. The van der Waals surface area contributed by atoms with E-state index in [1.54, 1.807) is 6.07 Å². The van der Waals surface area contributed by atoms with Crippen molar-refractivity contribution in [3.8, 4) is 5.75 Å². The van der Waals surface area contributed by atoms with Crippen molar-refractivity contribution in [2.75, 3.05) is 30.8 Å². The highest BCUT2D eigenvalue weighted by molar-refractivity contribution is 7.89. The molecule has 2 N–H and O–H groups in total. The zero-order valence-corrected chi connectivity index (χ0v) is 16.3. The summed E-state index contributed by atoms with van der Waals surface area (Å²) in [6.07, 6.45) is 2.62. The van der Waals surface area contributed by atoms with Gasteiger partial charge in [-0.15, -0.1) is 0 Å². The van der Waals surface area contributed by atoms with Gasteiger partial charge < -0.3 is 15.4 Å². The molecule has 0 aliphatic carbocycles. The van der Waals surface area contributed by atoms with Crippen molar-refractivity contribution in [1.29, 1.82) is 0 Å². The third kappa shape index (κ3) is 4.42. The van der Waals surface area contributed by atoms with Crippen molar-refractivity contribution in [3.05, 3.63) is 48.3 Å². The number of anilines is 2. The molecule has 1 fully saturated rings. The first-order valence-electron chi connectivity index (χ1n) is 8.92. The van der Waals surface area contributed by atoms with Crippen LogP contribution in [0.3, 0.4) is 0 Å². The maximum Gasteiger partial charge on any atom is 0.323 e. The monoisotopic (exact) mass is 407 g/mol. The fraction of sp³-hybridized carbons (Fsp3) is 0.316. The maximum absolute atomic E-state index is 13.7. The van der Waals surface area contributed by atoms with Gasteiger partial charge in [-0.1, -0.05) is 18.6 Å². The zero-order valence-electron chi connectivity index (χ0n) is 15.4. The lowest BCUT2D eigenvalue weighted by Gasteiger charge is -2.26. The van der Waals surface area contributed by atoms with Crippen LogP contribution >= 0.6 is 0 Å². The summed E-state index contributed by atoms with van der Waals surface area (Å²) in [4.78, 5) is 12.2. The largest absolute Gasteiger partial charge is 0.495 e. The quantitative estimate of drug-likeness (QED) is 0.792. The SMILES string of the molecule is COc1ccc(NC(=O)Nc2ccccc2F)cc1S(=O)(=O)N1CCCCC1. The summed E-state index contributed by atoms with van der Waals surface area (Å²) in [7, 11) is -2.36. The topological polar surface area (TPSA) is 87.7 Å². The molecule has 2 amide bonds. The molecule has 9 heteroatoms. The predicted molar refractivity (Wildman–Crippen MR) is 105 cm³/mol. The average molecular weight is 407 g/mol. The highest BCUT2D eigenvalue weighted by atomic mass is 32.2. The van der Waals surface area contributed by atoms with E-state index in [2.05, 4.69) is 10.6 Å². The standard InChI is InChI=1S/C19H22FN3O4S/c1-27-17-10-9-14(21-19(24)22-16-8-4-3-7-15(16)20)13-18(17)28(25,26)23-11-5-2-6-12-23/h3-4,7-10,13H,2,5-6,11-12H2,1H3,(H2,21,22,24). The molecule has 0 radical (unpaired) electrons. The minimum atomic E-state index is -3.75. The van der Waals surface area contributed by atoms with Gasteiger partial charge in [0.05, 0.1) is 12.8 Å². The number of hydrogen-bond acceptors (Lipinski definition) is 4. The second-order valence-corrected chi connectivity index (χ2v) is 8.30. The Kier molecular flexibility index (Phi) is 6.15. The molecule has 0 spiro atoms. The lowest BCUT2D eigenvalue weighted by atomic mass is 10.2.